The summed E-state index contributed by atoms with van der Waals surface area (Å²) >= 11 is 0. The Hall–Kier alpha value is -2.49. The topological polar surface area (TPSA) is 72.5 Å². The molecule has 2 atom stereocenters. The number of benzene rings is 2. The normalized spacial score (nSPS) is 26.8. The smallest absolute Gasteiger partial charge is 0.386 e. The highest BCUT2D eigenvalue weighted by molar-refractivity contribution is 7.93. The Kier molecular flexibility index (Phi) is 4.77. The summed E-state index contributed by atoms with van der Waals surface area (Å²) in [6, 6.07) is 6.46. The highest BCUT2D eigenvalue weighted by atomic mass is 32.2. The van der Waals surface area contributed by atoms with Crippen LogP contribution in [0.25, 0.3) is 0 Å². The van der Waals surface area contributed by atoms with E-state index in [2.05, 4.69) is 4.99 Å². The van der Waals surface area contributed by atoms with Gasteiger partial charge in [-0.25, -0.2) is 17.2 Å². The average molecular weight is 432 g/mol. The summed E-state index contributed by atoms with van der Waals surface area (Å²) in [5, 5.41) is 0. The zero-order valence-corrected chi connectivity index (χ0v) is 16.2. The van der Waals surface area contributed by atoms with Gasteiger partial charge in [0.1, 0.15) is 23.0 Å². The number of nitrogens with two attached hydrogens (primary N) is 1. The minimum Gasteiger partial charge on any atom is -0.386 e. The molecule has 1 aliphatic rings. The summed E-state index contributed by atoms with van der Waals surface area (Å²) < 4.78 is 91.2. The van der Waals surface area contributed by atoms with Gasteiger partial charge >= 0.3 is 6.18 Å². The van der Waals surface area contributed by atoms with Crippen molar-refractivity contribution >= 4 is 15.7 Å². The lowest BCUT2D eigenvalue weighted by Crippen LogP contribution is -2.54. The quantitative estimate of drug-likeness (QED) is 0.732. The third-order valence-electron chi connectivity index (χ3n) is 5.20. The molecule has 0 aromatic heterocycles. The second-order valence-corrected chi connectivity index (χ2v) is 9.60. The summed E-state index contributed by atoms with van der Waals surface area (Å²) in [5.74, 6) is -3.05. The second-order valence-electron chi connectivity index (χ2n) is 7.27. The van der Waals surface area contributed by atoms with Crippen LogP contribution in [0.3, 0.4) is 0 Å². The van der Waals surface area contributed by atoms with Crippen LogP contribution in [0.4, 0.5) is 22.0 Å². The third-order valence-corrected chi connectivity index (χ3v) is 7.83. The third kappa shape index (κ3) is 3.39. The molecule has 0 spiro atoms. The Labute approximate surface area is 164 Å². The number of amidine groups is 1. The molecule has 0 radical (unpaired) electrons. The van der Waals surface area contributed by atoms with Gasteiger partial charge in [-0.05, 0) is 37.6 Å². The molecular weight excluding hydrogens is 415 g/mol. The molecule has 2 N–H and O–H groups in total. The van der Waals surface area contributed by atoms with Crippen molar-refractivity contribution in [1.29, 1.82) is 0 Å². The van der Waals surface area contributed by atoms with Crippen LogP contribution in [0, 0.1) is 11.6 Å². The Balaban J connectivity index is 2.20. The Morgan fingerprint density at radius 2 is 1.72 bits per heavy atom. The maximum Gasteiger partial charge on any atom is 0.416 e. The molecule has 0 bridgehead atoms. The Bertz CT molecular complexity index is 1110. The summed E-state index contributed by atoms with van der Waals surface area (Å²) in [5.41, 5.74) is 2.89. The number of rotatable bonds is 2. The number of aliphatic imine (C=N–C) groups is 1. The highest BCUT2D eigenvalue weighted by Crippen LogP contribution is 2.43. The largest absolute Gasteiger partial charge is 0.416 e. The van der Waals surface area contributed by atoms with Crippen molar-refractivity contribution in [3.63, 3.8) is 0 Å². The number of alkyl halides is 3. The van der Waals surface area contributed by atoms with Crippen LogP contribution < -0.4 is 5.73 Å². The van der Waals surface area contributed by atoms with Crippen molar-refractivity contribution in [2.45, 2.75) is 30.3 Å². The highest BCUT2D eigenvalue weighted by Gasteiger charge is 2.53. The van der Waals surface area contributed by atoms with Gasteiger partial charge < -0.3 is 5.73 Å². The fourth-order valence-electron chi connectivity index (χ4n) is 3.46. The maximum absolute atomic E-state index is 14.3. The molecule has 1 aliphatic heterocycles. The molecule has 1 heterocycles. The van der Waals surface area contributed by atoms with E-state index in [0.717, 1.165) is 31.2 Å². The molecule has 0 amide bonds. The molecule has 3 rings (SSSR count). The molecule has 10 heteroatoms. The Morgan fingerprint density at radius 1 is 1.07 bits per heavy atom. The predicted octanol–water partition coefficient (Wildman–Crippen LogP) is 3.90. The van der Waals surface area contributed by atoms with Crippen molar-refractivity contribution in [2.24, 2.45) is 10.7 Å². The van der Waals surface area contributed by atoms with E-state index in [-0.39, 0.29) is 11.1 Å². The molecule has 2 unspecified atom stereocenters. The molecule has 0 saturated heterocycles. The van der Waals surface area contributed by atoms with Crippen LogP contribution in [0.1, 0.15) is 30.5 Å². The fraction of sp³-hybridized carbons (Fsp3) is 0.316. The lowest BCUT2D eigenvalue weighted by Gasteiger charge is -2.40. The first-order chi connectivity index (χ1) is 13.2. The van der Waals surface area contributed by atoms with Gasteiger partial charge in [0.25, 0.3) is 0 Å². The van der Waals surface area contributed by atoms with Crippen LogP contribution in [0.2, 0.25) is 0 Å². The van der Waals surface area contributed by atoms with E-state index < -0.39 is 55.1 Å². The van der Waals surface area contributed by atoms with Crippen LogP contribution in [0.5, 0.6) is 0 Å². The predicted molar refractivity (Wildman–Crippen MR) is 97.9 cm³/mol. The van der Waals surface area contributed by atoms with Crippen LogP contribution in [0.15, 0.2) is 47.5 Å². The van der Waals surface area contributed by atoms with Gasteiger partial charge in [-0.3, -0.25) is 4.99 Å². The van der Waals surface area contributed by atoms with E-state index >= 15 is 0 Å². The summed E-state index contributed by atoms with van der Waals surface area (Å²) in [6.45, 7) is 2.48. The van der Waals surface area contributed by atoms with E-state index in [0.29, 0.717) is 12.1 Å². The molecule has 0 saturated carbocycles. The zero-order chi connectivity index (χ0) is 21.8. The lowest BCUT2D eigenvalue weighted by atomic mass is 9.91. The Morgan fingerprint density at radius 3 is 2.28 bits per heavy atom. The van der Waals surface area contributed by atoms with Crippen LogP contribution >= 0.6 is 0 Å². The van der Waals surface area contributed by atoms with E-state index in [9.17, 15) is 30.4 Å². The minimum absolute atomic E-state index is 0.184. The van der Waals surface area contributed by atoms with E-state index in [1.54, 1.807) is 0 Å². The van der Waals surface area contributed by atoms with Gasteiger partial charge in [0.15, 0.2) is 14.6 Å². The van der Waals surface area contributed by atoms with E-state index in [1.165, 1.54) is 13.0 Å². The number of hydrogen-bond donors (Lipinski definition) is 1. The monoisotopic (exact) mass is 432 g/mol. The summed E-state index contributed by atoms with van der Waals surface area (Å²) in [6.07, 6.45) is -4.68. The SMILES string of the molecule is CC1(c2ccc(F)cc2F)CS(=O)(=O)C(C)(c2cccc(C(F)(F)F)c2)C(N)=N1. The van der Waals surface area contributed by atoms with Crippen molar-refractivity contribution in [3.05, 3.63) is 70.8 Å². The lowest BCUT2D eigenvalue weighted by molar-refractivity contribution is -0.137. The van der Waals surface area contributed by atoms with Gasteiger partial charge in [-0.1, -0.05) is 18.2 Å². The minimum atomic E-state index is -4.68. The van der Waals surface area contributed by atoms with Gasteiger partial charge in [0.2, 0.25) is 0 Å². The van der Waals surface area contributed by atoms with E-state index in [4.69, 9.17) is 5.73 Å². The average Bonchev–Trinajstić information content (AvgIpc) is 2.58. The summed E-state index contributed by atoms with van der Waals surface area (Å²) in [7, 11) is -4.25. The number of nitrogens with zero attached hydrogens (tertiary/aromatic N) is 1. The van der Waals surface area contributed by atoms with E-state index in [1.807, 2.05) is 0 Å². The van der Waals surface area contributed by atoms with Gasteiger partial charge in [-0.2, -0.15) is 13.2 Å². The first-order valence-electron chi connectivity index (χ1n) is 8.42. The fourth-order valence-corrected chi connectivity index (χ4v) is 5.56. The molecule has 2 aromatic carbocycles. The standard InChI is InChI=1S/C19H17F5N2O2S/c1-17(14-7-6-13(20)9-15(14)21)10-29(27,28)18(2,16(25)26-17)11-4-3-5-12(8-11)19(22,23)24/h3-9H,10H2,1-2H3,(H2,25,26). The van der Waals surface area contributed by atoms with Crippen molar-refractivity contribution in [3.8, 4) is 0 Å². The van der Waals surface area contributed by atoms with Crippen LogP contribution in [-0.4, -0.2) is 20.0 Å². The molecule has 29 heavy (non-hydrogen) atoms. The number of halogens is 5. The summed E-state index contributed by atoms with van der Waals surface area (Å²) in [4.78, 5) is 4.16. The van der Waals surface area contributed by atoms with Gasteiger partial charge in [0, 0.05) is 11.6 Å². The molecule has 0 fully saturated rings. The number of hydrogen-bond acceptors (Lipinski definition) is 4. The molecule has 0 aliphatic carbocycles. The van der Waals surface area contributed by atoms with Gasteiger partial charge in [0.05, 0.1) is 11.3 Å². The van der Waals surface area contributed by atoms with Crippen molar-refractivity contribution < 1.29 is 30.4 Å². The first kappa shape index (κ1) is 21.2. The van der Waals surface area contributed by atoms with Crippen LogP contribution in [-0.2, 0) is 26.3 Å². The first-order valence-corrected chi connectivity index (χ1v) is 10.1. The molecular formula is C19H17F5N2O2S. The van der Waals surface area contributed by atoms with Gasteiger partial charge in [-0.15, -0.1) is 0 Å². The van der Waals surface area contributed by atoms with Crippen molar-refractivity contribution in [2.75, 3.05) is 5.75 Å². The number of sulfone groups is 1. The molecule has 2 aromatic rings. The molecule has 4 nitrogen and oxygen atoms in total. The maximum atomic E-state index is 14.3. The molecule has 156 valence electrons. The second kappa shape index (κ2) is 6.51. The van der Waals surface area contributed by atoms with Crippen molar-refractivity contribution in [1.82, 2.24) is 0 Å². The zero-order valence-electron chi connectivity index (χ0n) is 15.4.